The SMILES string of the molecule is COC1CCC(CC(=O)NCc2ccc(-c3nn[nH]n3)cc2)CC1. The minimum absolute atomic E-state index is 0.123. The fourth-order valence-corrected chi connectivity index (χ4v) is 3.16. The van der Waals surface area contributed by atoms with Crippen molar-refractivity contribution in [3.63, 3.8) is 0 Å². The van der Waals surface area contributed by atoms with Gasteiger partial charge in [0.15, 0.2) is 0 Å². The lowest BCUT2D eigenvalue weighted by Gasteiger charge is -2.27. The number of aromatic nitrogens is 4. The van der Waals surface area contributed by atoms with Crippen LogP contribution in [0, 0.1) is 5.92 Å². The normalized spacial score (nSPS) is 20.7. The standard InChI is InChI=1S/C17H23N5O2/c1-24-15-8-4-12(5-9-15)10-16(23)18-11-13-2-6-14(7-3-13)17-19-21-22-20-17/h2-3,6-7,12,15H,4-5,8-11H2,1H3,(H,18,23)(H,19,20,21,22). The van der Waals surface area contributed by atoms with Gasteiger partial charge in [-0.05, 0) is 42.4 Å². The number of nitrogens with one attached hydrogen (secondary N) is 2. The summed E-state index contributed by atoms with van der Waals surface area (Å²) < 4.78 is 5.37. The summed E-state index contributed by atoms with van der Waals surface area (Å²) in [5, 5.41) is 16.9. The Morgan fingerprint density at radius 1 is 1.25 bits per heavy atom. The van der Waals surface area contributed by atoms with Crippen molar-refractivity contribution >= 4 is 5.91 Å². The van der Waals surface area contributed by atoms with Gasteiger partial charge in [0, 0.05) is 25.6 Å². The molecule has 1 aliphatic rings. The molecule has 7 nitrogen and oxygen atoms in total. The van der Waals surface area contributed by atoms with Gasteiger partial charge in [-0.3, -0.25) is 4.79 Å². The number of hydrogen-bond donors (Lipinski definition) is 2. The zero-order chi connectivity index (χ0) is 16.8. The van der Waals surface area contributed by atoms with Gasteiger partial charge in [-0.15, -0.1) is 10.2 Å². The molecule has 2 aromatic rings. The number of carbonyl (C=O) groups excluding carboxylic acids is 1. The third-order valence-corrected chi connectivity index (χ3v) is 4.65. The molecule has 1 aromatic carbocycles. The van der Waals surface area contributed by atoms with Crippen molar-refractivity contribution in [2.45, 2.75) is 44.8 Å². The number of nitrogens with zero attached hydrogens (tertiary/aromatic N) is 3. The lowest BCUT2D eigenvalue weighted by atomic mass is 9.85. The Kier molecular flexibility index (Phi) is 5.53. The molecule has 0 aliphatic heterocycles. The van der Waals surface area contributed by atoms with E-state index in [1.54, 1.807) is 7.11 Å². The number of carbonyl (C=O) groups is 1. The van der Waals surface area contributed by atoms with E-state index in [0.29, 0.717) is 30.8 Å². The highest BCUT2D eigenvalue weighted by atomic mass is 16.5. The van der Waals surface area contributed by atoms with Crippen molar-refractivity contribution < 1.29 is 9.53 Å². The molecular formula is C17H23N5O2. The van der Waals surface area contributed by atoms with E-state index in [2.05, 4.69) is 25.9 Å². The average molecular weight is 329 g/mol. The van der Waals surface area contributed by atoms with Crippen molar-refractivity contribution in [1.82, 2.24) is 25.9 Å². The molecule has 0 spiro atoms. The van der Waals surface area contributed by atoms with Crippen molar-refractivity contribution in [3.8, 4) is 11.4 Å². The van der Waals surface area contributed by atoms with Crippen LogP contribution in [0.2, 0.25) is 0 Å². The van der Waals surface area contributed by atoms with Gasteiger partial charge in [0.2, 0.25) is 11.7 Å². The molecule has 1 amide bonds. The third kappa shape index (κ3) is 4.38. The van der Waals surface area contributed by atoms with E-state index >= 15 is 0 Å². The highest BCUT2D eigenvalue weighted by Crippen LogP contribution is 2.28. The predicted octanol–water partition coefficient (Wildman–Crippen LogP) is 2.08. The number of amides is 1. The first-order chi connectivity index (χ1) is 11.7. The van der Waals surface area contributed by atoms with E-state index in [-0.39, 0.29) is 5.91 Å². The Morgan fingerprint density at radius 3 is 2.62 bits per heavy atom. The molecule has 0 atom stereocenters. The summed E-state index contributed by atoms with van der Waals surface area (Å²) in [5.41, 5.74) is 1.95. The first kappa shape index (κ1) is 16.6. The van der Waals surface area contributed by atoms with E-state index in [4.69, 9.17) is 4.74 Å². The maximum atomic E-state index is 12.1. The second kappa shape index (κ2) is 8.01. The van der Waals surface area contributed by atoms with E-state index in [1.807, 2.05) is 24.3 Å². The maximum absolute atomic E-state index is 12.1. The van der Waals surface area contributed by atoms with Crippen LogP contribution in [0.25, 0.3) is 11.4 Å². The van der Waals surface area contributed by atoms with Crippen LogP contribution < -0.4 is 5.32 Å². The Morgan fingerprint density at radius 2 is 2.00 bits per heavy atom. The molecule has 1 aliphatic carbocycles. The number of methoxy groups -OCH3 is 1. The fraction of sp³-hybridized carbons (Fsp3) is 0.529. The Hall–Kier alpha value is -2.28. The molecule has 1 fully saturated rings. The Bertz CT molecular complexity index is 634. The van der Waals surface area contributed by atoms with Crippen LogP contribution >= 0.6 is 0 Å². The molecule has 7 heteroatoms. The first-order valence-electron chi connectivity index (χ1n) is 8.37. The molecule has 0 radical (unpaired) electrons. The predicted molar refractivity (Wildman–Crippen MR) is 88.8 cm³/mol. The van der Waals surface area contributed by atoms with Crippen LogP contribution in [0.5, 0.6) is 0 Å². The minimum Gasteiger partial charge on any atom is -0.381 e. The number of ether oxygens (including phenoxy) is 1. The van der Waals surface area contributed by atoms with E-state index in [1.165, 1.54) is 0 Å². The van der Waals surface area contributed by atoms with Crippen LogP contribution in [0.1, 0.15) is 37.7 Å². The molecule has 24 heavy (non-hydrogen) atoms. The summed E-state index contributed by atoms with van der Waals surface area (Å²) >= 11 is 0. The van der Waals surface area contributed by atoms with Crippen LogP contribution in [-0.2, 0) is 16.1 Å². The van der Waals surface area contributed by atoms with Gasteiger partial charge in [0.25, 0.3) is 0 Å². The van der Waals surface area contributed by atoms with E-state index in [0.717, 1.165) is 36.8 Å². The zero-order valence-electron chi connectivity index (χ0n) is 13.9. The van der Waals surface area contributed by atoms with Gasteiger partial charge in [-0.25, -0.2) is 0 Å². The van der Waals surface area contributed by atoms with Crippen molar-refractivity contribution in [2.24, 2.45) is 5.92 Å². The molecule has 1 saturated carbocycles. The monoisotopic (exact) mass is 329 g/mol. The van der Waals surface area contributed by atoms with Gasteiger partial charge in [-0.1, -0.05) is 24.3 Å². The number of rotatable bonds is 6. The molecule has 2 N–H and O–H groups in total. The van der Waals surface area contributed by atoms with Gasteiger partial charge in [-0.2, -0.15) is 5.21 Å². The zero-order valence-corrected chi connectivity index (χ0v) is 13.9. The summed E-state index contributed by atoms with van der Waals surface area (Å²) in [6.07, 6.45) is 5.26. The van der Waals surface area contributed by atoms with E-state index < -0.39 is 0 Å². The van der Waals surface area contributed by atoms with Gasteiger partial charge >= 0.3 is 0 Å². The van der Waals surface area contributed by atoms with Crippen molar-refractivity contribution in [1.29, 1.82) is 0 Å². The largest absolute Gasteiger partial charge is 0.381 e. The van der Waals surface area contributed by atoms with Gasteiger partial charge in [0.05, 0.1) is 6.10 Å². The highest BCUT2D eigenvalue weighted by molar-refractivity contribution is 5.76. The lowest BCUT2D eigenvalue weighted by molar-refractivity contribution is -0.122. The molecule has 0 saturated heterocycles. The first-order valence-corrected chi connectivity index (χ1v) is 8.37. The number of benzene rings is 1. The summed E-state index contributed by atoms with van der Waals surface area (Å²) in [6, 6.07) is 7.79. The average Bonchev–Trinajstić information content (AvgIpc) is 3.16. The highest BCUT2D eigenvalue weighted by Gasteiger charge is 2.22. The summed E-state index contributed by atoms with van der Waals surface area (Å²) in [6.45, 7) is 0.540. The number of tetrazole rings is 1. The molecule has 128 valence electrons. The second-order valence-corrected chi connectivity index (χ2v) is 6.29. The smallest absolute Gasteiger partial charge is 0.220 e. The van der Waals surface area contributed by atoms with Crippen molar-refractivity contribution in [2.75, 3.05) is 7.11 Å². The fourth-order valence-electron chi connectivity index (χ4n) is 3.16. The molecule has 0 bridgehead atoms. The number of aromatic amines is 1. The Labute approximate surface area is 141 Å². The second-order valence-electron chi connectivity index (χ2n) is 6.29. The molecular weight excluding hydrogens is 306 g/mol. The summed E-state index contributed by atoms with van der Waals surface area (Å²) in [7, 11) is 1.77. The Balaban J connectivity index is 1.43. The quantitative estimate of drug-likeness (QED) is 0.846. The van der Waals surface area contributed by atoms with Crippen LogP contribution in [0.4, 0.5) is 0 Å². The molecule has 1 heterocycles. The summed E-state index contributed by atoms with van der Waals surface area (Å²) in [5.74, 6) is 1.17. The number of H-pyrrole nitrogens is 1. The van der Waals surface area contributed by atoms with Gasteiger partial charge < -0.3 is 10.1 Å². The van der Waals surface area contributed by atoms with Crippen LogP contribution in [0.3, 0.4) is 0 Å². The molecule has 3 rings (SSSR count). The third-order valence-electron chi connectivity index (χ3n) is 4.65. The van der Waals surface area contributed by atoms with Crippen LogP contribution in [0.15, 0.2) is 24.3 Å². The molecule has 0 unspecified atom stereocenters. The maximum Gasteiger partial charge on any atom is 0.220 e. The topological polar surface area (TPSA) is 92.8 Å². The van der Waals surface area contributed by atoms with Crippen LogP contribution in [-0.4, -0.2) is 39.7 Å². The summed E-state index contributed by atoms with van der Waals surface area (Å²) in [4.78, 5) is 12.1. The van der Waals surface area contributed by atoms with Crippen molar-refractivity contribution in [3.05, 3.63) is 29.8 Å². The minimum atomic E-state index is 0.123. The van der Waals surface area contributed by atoms with Gasteiger partial charge in [0.1, 0.15) is 0 Å². The lowest BCUT2D eigenvalue weighted by Crippen LogP contribution is -2.28. The van der Waals surface area contributed by atoms with E-state index in [9.17, 15) is 4.79 Å². The molecule has 1 aromatic heterocycles. The number of hydrogen-bond acceptors (Lipinski definition) is 5.